The minimum Gasteiger partial charge on any atom is -0.507 e. The van der Waals surface area contributed by atoms with Crippen LogP contribution in [-0.4, -0.2) is 26.7 Å². The summed E-state index contributed by atoms with van der Waals surface area (Å²) in [6, 6.07) is 16.4. The van der Waals surface area contributed by atoms with Crippen molar-refractivity contribution in [1.82, 2.24) is 4.98 Å². The van der Waals surface area contributed by atoms with Crippen LogP contribution in [0.25, 0.3) is 5.76 Å². The first-order valence-electron chi connectivity index (χ1n) is 9.42. The lowest BCUT2D eigenvalue weighted by atomic mass is 9.98. The molecule has 1 aliphatic rings. The number of pyridine rings is 1. The first kappa shape index (κ1) is 20.0. The number of nitrogens with zero attached hydrogens (tertiary/aromatic N) is 3. The van der Waals surface area contributed by atoms with Crippen LogP contribution < -0.4 is 4.90 Å². The normalized spacial score (nSPS) is 17.7. The number of non-ortho nitro benzene ring substituents is 1. The third-order valence-corrected chi connectivity index (χ3v) is 5.04. The summed E-state index contributed by atoms with van der Waals surface area (Å²) in [5.74, 6) is -2.06. The zero-order valence-corrected chi connectivity index (χ0v) is 16.4. The Hall–Kier alpha value is -4.33. The van der Waals surface area contributed by atoms with Gasteiger partial charge in [0, 0.05) is 29.6 Å². The second-order valence-electron chi connectivity index (χ2n) is 7.07. The Bertz CT molecular complexity index is 1220. The van der Waals surface area contributed by atoms with Crippen LogP contribution in [0, 0.1) is 17.0 Å². The fraction of sp³-hybridized carbons (Fsp3) is 0.0870. The summed E-state index contributed by atoms with van der Waals surface area (Å²) in [6.07, 6.45) is 1.54. The van der Waals surface area contributed by atoms with Crippen LogP contribution in [0.5, 0.6) is 0 Å². The number of hydrogen-bond donors (Lipinski definition) is 1. The SMILES string of the molecule is Cc1cccc(N2C(=O)C(=O)/C(=C(\O)c3ccc([N+](=O)[O-])cc3)C2c2ccccn2)c1. The molecule has 0 spiro atoms. The molecule has 8 nitrogen and oxygen atoms in total. The van der Waals surface area contributed by atoms with E-state index in [4.69, 9.17) is 0 Å². The summed E-state index contributed by atoms with van der Waals surface area (Å²) in [7, 11) is 0. The van der Waals surface area contributed by atoms with Gasteiger partial charge < -0.3 is 5.11 Å². The number of nitro groups is 1. The Morgan fingerprint density at radius 3 is 2.42 bits per heavy atom. The van der Waals surface area contributed by atoms with Crippen molar-refractivity contribution in [3.05, 3.63) is 105 Å². The molecule has 0 aliphatic carbocycles. The largest absolute Gasteiger partial charge is 0.507 e. The molecule has 8 heteroatoms. The van der Waals surface area contributed by atoms with Crippen molar-refractivity contribution in [2.24, 2.45) is 0 Å². The van der Waals surface area contributed by atoms with Crippen LogP contribution >= 0.6 is 0 Å². The van der Waals surface area contributed by atoms with E-state index in [0.29, 0.717) is 11.4 Å². The van der Waals surface area contributed by atoms with E-state index in [1.165, 1.54) is 35.4 Å². The van der Waals surface area contributed by atoms with Crippen molar-refractivity contribution in [3.8, 4) is 0 Å². The third-order valence-electron chi connectivity index (χ3n) is 5.04. The fourth-order valence-electron chi connectivity index (χ4n) is 3.59. The van der Waals surface area contributed by atoms with Crippen LogP contribution in [0.3, 0.4) is 0 Å². The summed E-state index contributed by atoms with van der Waals surface area (Å²) >= 11 is 0. The van der Waals surface area contributed by atoms with Crippen LogP contribution in [0.2, 0.25) is 0 Å². The maximum atomic E-state index is 13.0. The zero-order chi connectivity index (χ0) is 22.1. The third kappa shape index (κ3) is 3.55. The molecule has 31 heavy (non-hydrogen) atoms. The van der Waals surface area contributed by atoms with E-state index in [-0.39, 0.29) is 16.8 Å². The predicted molar refractivity (Wildman–Crippen MR) is 113 cm³/mol. The minimum atomic E-state index is -0.946. The lowest BCUT2D eigenvalue weighted by Gasteiger charge is -2.24. The Labute approximate surface area is 177 Å². The molecule has 1 saturated heterocycles. The van der Waals surface area contributed by atoms with Gasteiger partial charge in [0.25, 0.3) is 17.4 Å². The molecule has 1 N–H and O–H groups in total. The van der Waals surface area contributed by atoms with Gasteiger partial charge in [-0.1, -0.05) is 18.2 Å². The summed E-state index contributed by atoms with van der Waals surface area (Å²) in [5, 5.41) is 21.9. The summed E-state index contributed by atoms with van der Waals surface area (Å²) < 4.78 is 0. The summed E-state index contributed by atoms with van der Waals surface area (Å²) in [4.78, 5) is 42.0. The molecule has 0 saturated carbocycles. The Morgan fingerprint density at radius 2 is 1.81 bits per heavy atom. The van der Waals surface area contributed by atoms with E-state index in [9.17, 15) is 24.8 Å². The van der Waals surface area contributed by atoms with Gasteiger partial charge in [-0.2, -0.15) is 0 Å². The van der Waals surface area contributed by atoms with Gasteiger partial charge in [-0.15, -0.1) is 0 Å². The molecule has 1 aliphatic heterocycles. The second kappa shape index (κ2) is 7.83. The van der Waals surface area contributed by atoms with E-state index in [1.54, 1.807) is 36.4 Å². The number of aryl methyl sites for hydroxylation is 1. The van der Waals surface area contributed by atoms with E-state index in [1.807, 2.05) is 13.0 Å². The lowest BCUT2D eigenvalue weighted by molar-refractivity contribution is -0.384. The van der Waals surface area contributed by atoms with Gasteiger partial charge in [-0.05, 0) is 48.9 Å². The van der Waals surface area contributed by atoms with E-state index in [0.717, 1.165) is 5.56 Å². The average molecular weight is 415 g/mol. The van der Waals surface area contributed by atoms with Crippen LogP contribution in [0.4, 0.5) is 11.4 Å². The maximum Gasteiger partial charge on any atom is 0.300 e. The molecule has 1 fully saturated rings. The quantitative estimate of drug-likeness (QED) is 0.227. The van der Waals surface area contributed by atoms with Crippen molar-refractivity contribution in [3.63, 3.8) is 0 Å². The Morgan fingerprint density at radius 1 is 1.06 bits per heavy atom. The van der Waals surface area contributed by atoms with Gasteiger partial charge in [0.15, 0.2) is 0 Å². The van der Waals surface area contributed by atoms with E-state index < -0.39 is 28.4 Å². The molecule has 3 aromatic rings. The number of amides is 1. The molecule has 0 bridgehead atoms. The summed E-state index contributed by atoms with van der Waals surface area (Å²) in [5.41, 5.74) is 1.72. The lowest BCUT2D eigenvalue weighted by Crippen LogP contribution is -2.29. The van der Waals surface area contributed by atoms with Crippen LogP contribution in [0.1, 0.15) is 22.9 Å². The number of hydrogen-bond acceptors (Lipinski definition) is 6. The number of rotatable bonds is 4. The first-order valence-corrected chi connectivity index (χ1v) is 9.42. The van der Waals surface area contributed by atoms with Gasteiger partial charge in [0.1, 0.15) is 11.8 Å². The topological polar surface area (TPSA) is 114 Å². The standard InChI is InChI=1S/C23H17N3O5/c1-14-5-4-6-17(13-14)25-20(18-7-2-3-12-24-18)19(22(28)23(25)29)21(27)15-8-10-16(11-9-15)26(30)31/h2-13,20,27H,1H3/b21-19-. The van der Waals surface area contributed by atoms with Gasteiger partial charge in [-0.25, -0.2) is 0 Å². The highest BCUT2D eigenvalue weighted by molar-refractivity contribution is 6.51. The maximum absolute atomic E-state index is 13.0. The Kier molecular flexibility index (Phi) is 5.04. The summed E-state index contributed by atoms with van der Waals surface area (Å²) in [6.45, 7) is 1.87. The number of benzene rings is 2. The average Bonchev–Trinajstić information content (AvgIpc) is 3.04. The number of aliphatic hydroxyl groups excluding tert-OH is 1. The number of Topliss-reactive ketones (excluding diaryl/α,β-unsaturated/α-hetero) is 1. The van der Waals surface area contributed by atoms with Gasteiger partial charge in [0.2, 0.25) is 0 Å². The first-order chi connectivity index (χ1) is 14.9. The second-order valence-corrected chi connectivity index (χ2v) is 7.07. The number of ketones is 1. The van der Waals surface area contributed by atoms with Gasteiger partial charge in [-0.3, -0.25) is 29.6 Å². The molecule has 4 rings (SSSR count). The van der Waals surface area contributed by atoms with Crippen molar-refractivity contribution in [1.29, 1.82) is 0 Å². The van der Waals surface area contributed by atoms with E-state index >= 15 is 0 Å². The molecular weight excluding hydrogens is 398 g/mol. The van der Waals surface area contributed by atoms with E-state index in [2.05, 4.69) is 4.98 Å². The molecule has 1 amide bonds. The molecule has 1 aromatic heterocycles. The van der Waals surface area contributed by atoms with Gasteiger partial charge >= 0.3 is 0 Å². The molecule has 2 heterocycles. The van der Waals surface area contributed by atoms with Crippen molar-refractivity contribution in [2.75, 3.05) is 4.90 Å². The fourth-order valence-corrected chi connectivity index (χ4v) is 3.59. The zero-order valence-electron chi connectivity index (χ0n) is 16.4. The highest BCUT2D eigenvalue weighted by Gasteiger charge is 2.47. The number of carbonyl (C=O) groups excluding carboxylic acids is 2. The van der Waals surface area contributed by atoms with Crippen LogP contribution in [0.15, 0.2) is 78.5 Å². The number of nitro benzene ring substituents is 1. The number of carbonyl (C=O) groups is 2. The van der Waals surface area contributed by atoms with Crippen LogP contribution in [-0.2, 0) is 9.59 Å². The highest BCUT2D eigenvalue weighted by atomic mass is 16.6. The molecule has 1 atom stereocenters. The molecule has 0 radical (unpaired) electrons. The smallest absolute Gasteiger partial charge is 0.300 e. The van der Waals surface area contributed by atoms with Gasteiger partial charge in [0.05, 0.1) is 16.2 Å². The van der Waals surface area contributed by atoms with Crippen molar-refractivity contribution >= 4 is 28.8 Å². The Balaban J connectivity index is 1.91. The molecular formula is C23H17N3O5. The monoisotopic (exact) mass is 415 g/mol. The molecule has 1 unspecified atom stereocenters. The molecule has 154 valence electrons. The number of aliphatic hydroxyl groups is 1. The number of anilines is 1. The number of aromatic nitrogens is 1. The van der Waals surface area contributed by atoms with Crippen molar-refractivity contribution < 1.29 is 19.6 Å². The minimum absolute atomic E-state index is 0.126. The molecule has 2 aromatic carbocycles. The van der Waals surface area contributed by atoms with Crippen molar-refractivity contribution in [2.45, 2.75) is 13.0 Å². The highest BCUT2D eigenvalue weighted by Crippen LogP contribution is 2.41. The predicted octanol–water partition coefficient (Wildman–Crippen LogP) is 3.92.